The summed E-state index contributed by atoms with van der Waals surface area (Å²) in [6, 6.07) is 13.7. The Balaban J connectivity index is 1.27. The third-order valence-corrected chi connectivity index (χ3v) is 6.16. The molecule has 1 aromatic carbocycles. The first-order chi connectivity index (χ1) is 15.0. The van der Waals surface area contributed by atoms with Crippen LogP contribution in [0.15, 0.2) is 53.6 Å². The van der Waals surface area contributed by atoms with Crippen molar-refractivity contribution in [1.82, 2.24) is 20.1 Å². The van der Waals surface area contributed by atoms with Gasteiger partial charge in [-0.05, 0) is 43.7 Å². The van der Waals surface area contributed by atoms with Crippen molar-refractivity contribution in [2.45, 2.75) is 38.1 Å². The Kier molecular flexibility index (Phi) is 6.36. The molecule has 0 saturated heterocycles. The average molecular weight is 436 g/mol. The second-order valence-corrected chi connectivity index (χ2v) is 8.64. The lowest BCUT2D eigenvalue weighted by Crippen LogP contribution is -2.36. The Hall–Kier alpha value is -3.13. The number of para-hydroxylation sites is 1. The van der Waals surface area contributed by atoms with Crippen LogP contribution in [0.1, 0.15) is 29.8 Å². The highest BCUT2D eigenvalue weighted by atomic mass is 32.2. The van der Waals surface area contributed by atoms with Crippen LogP contribution in [0, 0.1) is 13.8 Å². The van der Waals surface area contributed by atoms with E-state index in [1.54, 1.807) is 27.5 Å². The molecule has 0 unspecified atom stereocenters. The topological polar surface area (TPSA) is 80.1 Å². The van der Waals surface area contributed by atoms with Crippen molar-refractivity contribution in [2.24, 2.45) is 0 Å². The van der Waals surface area contributed by atoms with Gasteiger partial charge < -0.3 is 10.2 Å². The number of hydrogen-bond donors (Lipinski definition) is 1. The summed E-state index contributed by atoms with van der Waals surface area (Å²) in [7, 11) is 0. The van der Waals surface area contributed by atoms with E-state index in [1.165, 1.54) is 0 Å². The molecule has 2 aromatic heterocycles. The molecule has 1 aliphatic rings. The monoisotopic (exact) mass is 435 g/mol. The number of pyridine rings is 1. The molecule has 0 aliphatic carbocycles. The minimum Gasteiger partial charge on any atom is -0.352 e. The number of fused-ring (bicyclic) bond motifs is 1. The van der Waals surface area contributed by atoms with Crippen LogP contribution in [0.3, 0.4) is 0 Å². The standard InChI is InChI=1S/C23H25N5O2S/c1-16-13-17(2)28(26-16)21-8-7-18(14-24-21)15-25-22(29)9-10-23(30)27-11-12-31-20-6-4-3-5-19(20)27/h3-8,13-14H,9-12,15H2,1-2H3,(H,25,29). The minimum absolute atomic E-state index is 0.0150. The fraction of sp³-hybridized carbons (Fsp3) is 0.304. The summed E-state index contributed by atoms with van der Waals surface area (Å²) in [5.41, 5.74) is 3.80. The largest absolute Gasteiger partial charge is 0.352 e. The Morgan fingerprint density at radius 3 is 2.71 bits per heavy atom. The second kappa shape index (κ2) is 9.34. The van der Waals surface area contributed by atoms with Gasteiger partial charge in [0.05, 0.1) is 11.4 Å². The van der Waals surface area contributed by atoms with Gasteiger partial charge in [-0.25, -0.2) is 9.67 Å². The van der Waals surface area contributed by atoms with Crippen molar-refractivity contribution in [3.63, 3.8) is 0 Å². The molecule has 160 valence electrons. The molecule has 31 heavy (non-hydrogen) atoms. The van der Waals surface area contributed by atoms with Crippen LogP contribution in [0.5, 0.6) is 0 Å². The SMILES string of the molecule is Cc1cc(C)n(-c2ccc(CNC(=O)CCC(=O)N3CCSc4ccccc43)cn2)n1. The smallest absolute Gasteiger partial charge is 0.227 e. The molecule has 0 atom stereocenters. The van der Waals surface area contributed by atoms with Gasteiger partial charge in [0.25, 0.3) is 0 Å². The maximum absolute atomic E-state index is 12.7. The molecular formula is C23H25N5O2S. The second-order valence-electron chi connectivity index (χ2n) is 7.50. The Bertz CT molecular complexity index is 1090. The molecule has 7 nitrogen and oxygen atoms in total. The number of nitrogens with zero attached hydrogens (tertiary/aromatic N) is 4. The van der Waals surface area contributed by atoms with Crippen molar-refractivity contribution in [3.8, 4) is 5.82 Å². The molecule has 3 heterocycles. The van der Waals surface area contributed by atoms with Crippen molar-refractivity contribution < 1.29 is 9.59 Å². The zero-order chi connectivity index (χ0) is 21.8. The van der Waals surface area contributed by atoms with Gasteiger partial charge in [0.2, 0.25) is 11.8 Å². The molecule has 0 spiro atoms. The van der Waals surface area contributed by atoms with E-state index in [-0.39, 0.29) is 24.7 Å². The summed E-state index contributed by atoms with van der Waals surface area (Å²) in [4.78, 5) is 32.3. The van der Waals surface area contributed by atoms with Gasteiger partial charge in [0.15, 0.2) is 5.82 Å². The molecule has 1 N–H and O–H groups in total. The van der Waals surface area contributed by atoms with Gasteiger partial charge in [-0.1, -0.05) is 18.2 Å². The number of carbonyl (C=O) groups excluding carboxylic acids is 2. The van der Waals surface area contributed by atoms with Crippen molar-refractivity contribution in [3.05, 3.63) is 65.6 Å². The van der Waals surface area contributed by atoms with Crippen LogP contribution >= 0.6 is 11.8 Å². The number of nitrogens with one attached hydrogen (secondary N) is 1. The van der Waals surface area contributed by atoms with Crippen molar-refractivity contribution in [1.29, 1.82) is 0 Å². The number of carbonyl (C=O) groups is 2. The highest BCUT2D eigenvalue weighted by Crippen LogP contribution is 2.34. The molecular weight excluding hydrogens is 410 g/mol. The first-order valence-corrected chi connectivity index (χ1v) is 11.3. The Morgan fingerprint density at radius 2 is 1.97 bits per heavy atom. The summed E-state index contributed by atoms with van der Waals surface area (Å²) in [6.07, 6.45) is 2.10. The fourth-order valence-corrected chi connectivity index (χ4v) is 4.58. The number of hydrogen-bond acceptors (Lipinski definition) is 5. The fourth-order valence-electron chi connectivity index (χ4n) is 3.58. The summed E-state index contributed by atoms with van der Waals surface area (Å²) in [5, 5.41) is 7.30. The molecule has 0 fully saturated rings. The zero-order valence-corrected chi connectivity index (χ0v) is 18.5. The average Bonchev–Trinajstić information content (AvgIpc) is 3.13. The van der Waals surface area contributed by atoms with Gasteiger partial charge in [-0.3, -0.25) is 9.59 Å². The van der Waals surface area contributed by atoms with Gasteiger partial charge in [-0.2, -0.15) is 5.10 Å². The summed E-state index contributed by atoms with van der Waals surface area (Å²) >= 11 is 1.76. The van der Waals surface area contributed by atoms with Crippen LogP contribution < -0.4 is 10.2 Å². The highest BCUT2D eigenvalue weighted by Gasteiger charge is 2.22. The number of aryl methyl sites for hydroxylation is 2. The number of amides is 2. The predicted octanol–water partition coefficient (Wildman–Crippen LogP) is 3.42. The van der Waals surface area contributed by atoms with Crippen LogP contribution in [0.2, 0.25) is 0 Å². The van der Waals surface area contributed by atoms with E-state index in [0.717, 1.165) is 39.1 Å². The van der Waals surface area contributed by atoms with Gasteiger partial charge >= 0.3 is 0 Å². The first kappa shape index (κ1) is 21.1. The van der Waals surface area contributed by atoms with Gasteiger partial charge in [-0.15, -0.1) is 11.8 Å². The molecule has 2 amide bonds. The van der Waals surface area contributed by atoms with E-state index in [1.807, 2.05) is 56.3 Å². The molecule has 1 aliphatic heterocycles. The third-order valence-electron chi connectivity index (χ3n) is 5.12. The van der Waals surface area contributed by atoms with Crippen LogP contribution in [0.4, 0.5) is 5.69 Å². The van der Waals surface area contributed by atoms with Crippen LogP contribution in [-0.2, 0) is 16.1 Å². The van der Waals surface area contributed by atoms with E-state index < -0.39 is 0 Å². The summed E-state index contributed by atoms with van der Waals surface area (Å²) in [5.74, 6) is 1.45. The van der Waals surface area contributed by atoms with Gasteiger partial charge in [0.1, 0.15) is 0 Å². The maximum Gasteiger partial charge on any atom is 0.227 e. The highest BCUT2D eigenvalue weighted by molar-refractivity contribution is 7.99. The molecule has 3 aromatic rings. The normalized spacial score (nSPS) is 13.0. The van der Waals surface area contributed by atoms with E-state index in [9.17, 15) is 9.59 Å². The molecule has 0 radical (unpaired) electrons. The maximum atomic E-state index is 12.7. The minimum atomic E-state index is -0.143. The van der Waals surface area contributed by atoms with E-state index in [2.05, 4.69) is 15.4 Å². The van der Waals surface area contributed by atoms with E-state index in [0.29, 0.717) is 13.1 Å². The third kappa shape index (κ3) is 4.96. The Morgan fingerprint density at radius 1 is 1.13 bits per heavy atom. The quantitative estimate of drug-likeness (QED) is 0.642. The van der Waals surface area contributed by atoms with Crippen LogP contribution in [0.25, 0.3) is 5.82 Å². The number of thioether (sulfide) groups is 1. The van der Waals surface area contributed by atoms with Crippen molar-refractivity contribution in [2.75, 3.05) is 17.2 Å². The number of rotatable bonds is 6. The summed E-state index contributed by atoms with van der Waals surface area (Å²) in [6.45, 7) is 4.98. The molecule has 0 saturated carbocycles. The lowest BCUT2D eigenvalue weighted by atomic mass is 10.2. The summed E-state index contributed by atoms with van der Waals surface area (Å²) < 4.78 is 1.79. The van der Waals surface area contributed by atoms with Gasteiger partial charge in [0, 0.05) is 48.5 Å². The number of benzene rings is 1. The number of aromatic nitrogens is 3. The first-order valence-electron chi connectivity index (χ1n) is 10.3. The number of anilines is 1. The van der Waals surface area contributed by atoms with E-state index >= 15 is 0 Å². The van der Waals surface area contributed by atoms with Crippen LogP contribution in [-0.4, -0.2) is 38.9 Å². The Labute approximate surface area is 185 Å². The lowest BCUT2D eigenvalue weighted by Gasteiger charge is -2.29. The lowest BCUT2D eigenvalue weighted by molar-refractivity contribution is -0.125. The zero-order valence-electron chi connectivity index (χ0n) is 17.7. The molecule has 8 heteroatoms. The van der Waals surface area contributed by atoms with E-state index in [4.69, 9.17) is 0 Å². The predicted molar refractivity (Wildman–Crippen MR) is 121 cm³/mol. The molecule has 4 rings (SSSR count). The molecule has 0 bridgehead atoms. The van der Waals surface area contributed by atoms with Crippen molar-refractivity contribution >= 4 is 29.3 Å².